The summed E-state index contributed by atoms with van der Waals surface area (Å²) in [6.07, 6.45) is 4.56. The summed E-state index contributed by atoms with van der Waals surface area (Å²) in [5.41, 5.74) is 3.38. The van der Waals surface area contributed by atoms with E-state index in [4.69, 9.17) is 4.98 Å². The van der Waals surface area contributed by atoms with Crippen LogP contribution in [0.2, 0.25) is 0 Å². The van der Waals surface area contributed by atoms with Crippen molar-refractivity contribution in [3.63, 3.8) is 0 Å². The van der Waals surface area contributed by atoms with Crippen LogP contribution in [-0.4, -0.2) is 22.6 Å². The van der Waals surface area contributed by atoms with Gasteiger partial charge in [-0.15, -0.1) is 0 Å². The molecule has 1 aromatic heterocycles. The van der Waals surface area contributed by atoms with Gasteiger partial charge >= 0.3 is 0 Å². The number of benzene rings is 1. The zero-order valence-corrected chi connectivity index (χ0v) is 12.7. The molecule has 1 aliphatic carbocycles. The monoisotopic (exact) mass is 282 g/mol. The second kappa shape index (κ2) is 6.22. The van der Waals surface area contributed by atoms with Crippen molar-refractivity contribution in [2.45, 2.75) is 39.3 Å². The third-order valence-corrected chi connectivity index (χ3v) is 3.85. The minimum absolute atomic E-state index is 0.709. The number of nitrogens with one attached hydrogen (secondary N) is 1. The highest BCUT2D eigenvalue weighted by atomic mass is 15.2. The molecule has 0 amide bonds. The number of nitrogens with zero attached hydrogens (tertiary/aromatic N) is 3. The molecule has 0 saturated heterocycles. The molecule has 1 heterocycles. The van der Waals surface area contributed by atoms with Crippen molar-refractivity contribution in [1.82, 2.24) is 15.3 Å². The summed E-state index contributed by atoms with van der Waals surface area (Å²) in [5.74, 6) is 0.774. The lowest BCUT2D eigenvalue weighted by atomic mass is 10.2. The summed E-state index contributed by atoms with van der Waals surface area (Å²) >= 11 is 0. The molecule has 4 heteroatoms. The molecule has 0 spiro atoms. The van der Waals surface area contributed by atoms with Crippen LogP contribution in [0.1, 0.15) is 31.0 Å². The molecule has 1 aromatic carbocycles. The summed E-state index contributed by atoms with van der Waals surface area (Å²) in [6, 6.07) is 11.0. The Balaban J connectivity index is 1.79. The van der Waals surface area contributed by atoms with Crippen LogP contribution < -0.4 is 10.2 Å². The molecule has 0 unspecified atom stereocenters. The second-order valence-corrected chi connectivity index (χ2v) is 5.52. The van der Waals surface area contributed by atoms with Crippen molar-refractivity contribution < 1.29 is 0 Å². The van der Waals surface area contributed by atoms with Gasteiger partial charge in [-0.1, -0.05) is 18.2 Å². The fourth-order valence-electron chi connectivity index (χ4n) is 2.37. The summed E-state index contributed by atoms with van der Waals surface area (Å²) in [4.78, 5) is 11.4. The minimum Gasteiger partial charge on any atom is -0.311 e. The van der Waals surface area contributed by atoms with Crippen LogP contribution in [0.15, 0.2) is 36.5 Å². The summed E-state index contributed by atoms with van der Waals surface area (Å²) in [6.45, 7) is 5.90. The smallest absolute Gasteiger partial charge is 0.230 e. The highest BCUT2D eigenvalue weighted by Crippen LogP contribution is 2.23. The van der Waals surface area contributed by atoms with Gasteiger partial charge in [0.2, 0.25) is 5.95 Å². The number of aromatic nitrogens is 2. The molecule has 2 aromatic rings. The van der Waals surface area contributed by atoms with Crippen molar-refractivity contribution in [3.8, 4) is 0 Å². The molecule has 1 N–H and O–H groups in total. The van der Waals surface area contributed by atoms with Gasteiger partial charge in [0.05, 0.1) is 0 Å². The van der Waals surface area contributed by atoms with E-state index in [0.717, 1.165) is 30.4 Å². The first kappa shape index (κ1) is 14.0. The Morgan fingerprint density at radius 2 is 2.00 bits per heavy atom. The predicted molar refractivity (Wildman–Crippen MR) is 85.8 cm³/mol. The molecule has 21 heavy (non-hydrogen) atoms. The quantitative estimate of drug-likeness (QED) is 0.883. The molecule has 0 radical (unpaired) electrons. The molecular weight excluding hydrogens is 260 g/mol. The molecule has 1 saturated carbocycles. The van der Waals surface area contributed by atoms with Gasteiger partial charge in [-0.3, -0.25) is 0 Å². The lowest BCUT2D eigenvalue weighted by Crippen LogP contribution is -2.21. The van der Waals surface area contributed by atoms with Crippen molar-refractivity contribution in [2.24, 2.45) is 0 Å². The molecule has 4 nitrogen and oxygen atoms in total. The van der Waals surface area contributed by atoms with E-state index in [1.165, 1.54) is 18.4 Å². The Labute approximate surface area is 126 Å². The van der Waals surface area contributed by atoms with Gasteiger partial charge in [-0.05, 0) is 38.8 Å². The summed E-state index contributed by atoms with van der Waals surface area (Å²) in [5, 5.41) is 3.51. The van der Waals surface area contributed by atoms with Gasteiger partial charge in [0.15, 0.2) is 0 Å². The number of hydrogen-bond acceptors (Lipinski definition) is 4. The fraction of sp³-hybridized carbons (Fsp3) is 0.412. The maximum absolute atomic E-state index is 4.69. The predicted octanol–water partition coefficient (Wildman–Crippen LogP) is 3.20. The molecule has 110 valence electrons. The number of anilines is 2. The molecule has 1 aliphatic rings. The minimum atomic E-state index is 0.709. The highest BCUT2D eigenvalue weighted by Gasteiger charge is 2.20. The average molecular weight is 282 g/mol. The van der Waals surface area contributed by atoms with Gasteiger partial charge in [-0.25, -0.2) is 9.97 Å². The fourth-order valence-corrected chi connectivity index (χ4v) is 2.37. The number of hydrogen-bond donors (Lipinski definition) is 1. The first-order valence-electron chi connectivity index (χ1n) is 7.66. The van der Waals surface area contributed by atoms with E-state index in [1.54, 1.807) is 0 Å². The van der Waals surface area contributed by atoms with Gasteiger partial charge in [0.1, 0.15) is 0 Å². The lowest BCUT2D eigenvalue weighted by molar-refractivity contribution is 0.679. The standard InChI is InChI=1S/C17H22N4/c1-3-21(16-7-5-4-6-8-16)17-19-12-14(13(2)20-17)11-18-15-9-10-15/h4-8,12,15,18H,3,9-11H2,1-2H3. The first-order valence-corrected chi connectivity index (χ1v) is 7.66. The maximum atomic E-state index is 4.69. The van der Waals surface area contributed by atoms with Crippen molar-refractivity contribution in [2.75, 3.05) is 11.4 Å². The third-order valence-electron chi connectivity index (χ3n) is 3.85. The lowest BCUT2D eigenvalue weighted by Gasteiger charge is -2.21. The Morgan fingerprint density at radius 1 is 1.24 bits per heavy atom. The van der Waals surface area contributed by atoms with Gasteiger partial charge in [-0.2, -0.15) is 0 Å². The topological polar surface area (TPSA) is 41.1 Å². The zero-order valence-electron chi connectivity index (χ0n) is 12.7. The van der Waals surface area contributed by atoms with Crippen LogP contribution in [0.3, 0.4) is 0 Å². The van der Waals surface area contributed by atoms with E-state index in [9.17, 15) is 0 Å². The Bertz CT molecular complexity index is 593. The number of para-hydroxylation sites is 1. The summed E-state index contributed by atoms with van der Waals surface area (Å²) in [7, 11) is 0. The van der Waals surface area contributed by atoms with Crippen LogP contribution in [0.5, 0.6) is 0 Å². The van der Waals surface area contributed by atoms with Crippen molar-refractivity contribution >= 4 is 11.6 Å². The Kier molecular flexibility index (Phi) is 4.15. The average Bonchev–Trinajstić information content (AvgIpc) is 3.32. The SMILES string of the molecule is CCN(c1ccccc1)c1ncc(CNC2CC2)c(C)n1. The maximum Gasteiger partial charge on any atom is 0.230 e. The van der Waals surface area contributed by atoms with E-state index in [-0.39, 0.29) is 0 Å². The zero-order chi connectivity index (χ0) is 14.7. The van der Waals surface area contributed by atoms with Crippen molar-refractivity contribution in [3.05, 3.63) is 47.8 Å². The van der Waals surface area contributed by atoms with Gasteiger partial charge < -0.3 is 10.2 Å². The normalized spacial score (nSPS) is 14.2. The van der Waals surface area contributed by atoms with E-state index in [0.29, 0.717) is 6.04 Å². The third kappa shape index (κ3) is 3.39. The van der Waals surface area contributed by atoms with Gasteiger partial charge in [0.25, 0.3) is 0 Å². The Hall–Kier alpha value is -1.94. The van der Waals surface area contributed by atoms with Gasteiger partial charge in [0, 0.05) is 42.3 Å². The molecule has 0 bridgehead atoms. The van der Waals surface area contributed by atoms with Crippen LogP contribution >= 0.6 is 0 Å². The number of aryl methyl sites for hydroxylation is 1. The van der Waals surface area contributed by atoms with E-state index < -0.39 is 0 Å². The van der Waals surface area contributed by atoms with Crippen LogP contribution in [0.4, 0.5) is 11.6 Å². The first-order chi connectivity index (χ1) is 10.3. The van der Waals surface area contributed by atoms with E-state index >= 15 is 0 Å². The molecular formula is C17H22N4. The summed E-state index contributed by atoms with van der Waals surface area (Å²) < 4.78 is 0. The molecule has 3 rings (SSSR count). The van der Waals surface area contributed by atoms with E-state index in [1.807, 2.05) is 24.4 Å². The largest absolute Gasteiger partial charge is 0.311 e. The Morgan fingerprint density at radius 3 is 2.62 bits per heavy atom. The highest BCUT2D eigenvalue weighted by molar-refractivity contribution is 5.56. The van der Waals surface area contributed by atoms with Crippen LogP contribution in [-0.2, 0) is 6.54 Å². The molecule has 0 aliphatic heterocycles. The van der Waals surface area contributed by atoms with Crippen LogP contribution in [0, 0.1) is 6.92 Å². The van der Waals surface area contributed by atoms with Crippen molar-refractivity contribution in [1.29, 1.82) is 0 Å². The second-order valence-electron chi connectivity index (χ2n) is 5.52. The van der Waals surface area contributed by atoms with Crippen LogP contribution in [0.25, 0.3) is 0 Å². The number of rotatable bonds is 6. The molecule has 0 atom stereocenters. The molecule has 1 fully saturated rings. The van der Waals surface area contributed by atoms with E-state index in [2.05, 4.69) is 41.2 Å².